The topological polar surface area (TPSA) is 68.3 Å². The molecule has 108 valence electrons. The number of hydrogen-bond acceptors (Lipinski definition) is 5. The maximum atomic E-state index is 11.7. The molecule has 0 unspecified atom stereocenters. The third kappa shape index (κ3) is 4.25. The predicted octanol–water partition coefficient (Wildman–Crippen LogP) is 2.89. The molecule has 0 saturated heterocycles. The first-order chi connectivity index (χ1) is 10.1. The van der Waals surface area contributed by atoms with Gasteiger partial charge < -0.3 is 4.74 Å². The molecule has 5 nitrogen and oxygen atoms in total. The summed E-state index contributed by atoms with van der Waals surface area (Å²) in [4.78, 5) is 28.1. The van der Waals surface area contributed by atoms with Crippen LogP contribution < -0.4 is 5.32 Å². The Morgan fingerprint density at radius 2 is 2.00 bits per heavy atom. The number of methoxy groups -OCH3 is 1. The smallest absolute Gasteiger partial charge is 0.337 e. The number of rotatable bonds is 4. The lowest BCUT2D eigenvalue weighted by Crippen LogP contribution is -2.07. The summed E-state index contributed by atoms with van der Waals surface area (Å²) in [6.45, 7) is 1.92. The van der Waals surface area contributed by atoms with Crippen LogP contribution in [0.2, 0.25) is 0 Å². The maximum absolute atomic E-state index is 11.7. The monoisotopic (exact) mass is 302 g/mol. The van der Waals surface area contributed by atoms with Crippen molar-refractivity contribution >= 4 is 34.4 Å². The van der Waals surface area contributed by atoms with E-state index in [0.29, 0.717) is 10.7 Å². The molecule has 1 aromatic carbocycles. The lowest BCUT2D eigenvalue weighted by molar-refractivity contribution is -0.111. The van der Waals surface area contributed by atoms with Crippen LogP contribution in [0.4, 0.5) is 5.13 Å². The summed E-state index contributed by atoms with van der Waals surface area (Å²) in [7, 11) is 1.33. The Morgan fingerprint density at radius 1 is 1.29 bits per heavy atom. The normalized spacial score (nSPS) is 10.6. The molecule has 1 aromatic heterocycles. The SMILES string of the molecule is COC(=O)c1ccc(C=CC(=O)Nc2ncc(C)s2)cc1. The molecular weight excluding hydrogens is 288 g/mol. The van der Waals surface area contributed by atoms with Crippen LogP contribution in [0.1, 0.15) is 20.8 Å². The Balaban J connectivity index is 1.97. The number of amides is 1. The quantitative estimate of drug-likeness (QED) is 0.696. The van der Waals surface area contributed by atoms with Crippen LogP contribution in [0.15, 0.2) is 36.5 Å². The van der Waals surface area contributed by atoms with Crippen LogP contribution >= 0.6 is 11.3 Å². The summed E-state index contributed by atoms with van der Waals surface area (Å²) in [5.41, 5.74) is 1.28. The van der Waals surface area contributed by atoms with Gasteiger partial charge in [0.15, 0.2) is 5.13 Å². The number of carbonyl (C=O) groups excluding carboxylic acids is 2. The van der Waals surface area contributed by atoms with Crippen LogP contribution in [-0.4, -0.2) is 24.0 Å². The van der Waals surface area contributed by atoms with E-state index < -0.39 is 0 Å². The molecule has 1 amide bonds. The van der Waals surface area contributed by atoms with Crippen molar-refractivity contribution in [2.24, 2.45) is 0 Å². The van der Waals surface area contributed by atoms with Crippen molar-refractivity contribution in [3.63, 3.8) is 0 Å². The molecule has 1 heterocycles. The third-order valence-corrected chi connectivity index (χ3v) is 3.44. The fourth-order valence-electron chi connectivity index (χ4n) is 1.58. The number of anilines is 1. The first kappa shape index (κ1) is 14.9. The average molecular weight is 302 g/mol. The Morgan fingerprint density at radius 3 is 2.57 bits per heavy atom. The van der Waals surface area contributed by atoms with E-state index in [1.807, 2.05) is 6.92 Å². The van der Waals surface area contributed by atoms with E-state index in [1.165, 1.54) is 24.5 Å². The molecule has 0 bridgehead atoms. The van der Waals surface area contributed by atoms with Crippen molar-refractivity contribution in [3.05, 3.63) is 52.5 Å². The molecule has 1 N–H and O–H groups in total. The number of benzene rings is 1. The highest BCUT2D eigenvalue weighted by atomic mass is 32.1. The van der Waals surface area contributed by atoms with E-state index >= 15 is 0 Å². The van der Waals surface area contributed by atoms with Crippen molar-refractivity contribution in [1.82, 2.24) is 4.98 Å². The molecule has 0 spiro atoms. The largest absolute Gasteiger partial charge is 0.465 e. The molecule has 0 aliphatic rings. The van der Waals surface area contributed by atoms with Gasteiger partial charge in [0.2, 0.25) is 5.91 Å². The molecule has 21 heavy (non-hydrogen) atoms. The standard InChI is InChI=1S/C15H14N2O3S/c1-10-9-16-15(21-10)17-13(18)8-5-11-3-6-12(7-4-11)14(19)20-2/h3-9H,1-2H3,(H,16,17,18). The van der Waals surface area contributed by atoms with E-state index in [0.717, 1.165) is 10.4 Å². The van der Waals surface area contributed by atoms with E-state index in [9.17, 15) is 9.59 Å². The van der Waals surface area contributed by atoms with Gasteiger partial charge in [0.1, 0.15) is 0 Å². The van der Waals surface area contributed by atoms with Crippen LogP contribution in [0.5, 0.6) is 0 Å². The number of aromatic nitrogens is 1. The van der Waals surface area contributed by atoms with Gasteiger partial charge in [-0.05, 0) is 30.7 Å². The van der Waals surface area contributed by atoms with Crippen molar-refractivity contribution in [2.45, 2.75) is 6.92 Å². The second-order valence-corrected chi connectivity index (χ2v) is 5.45. The maximum Gasteiger partial charge on any atom is 0.337 e. The Bertz CT molecular complexity index is 674. The number of nitrogens with one attached hydrogen (secondary N) is 1. The summed E-state index contributed by atoms with van der Waals surface area (Å²) in [5.74, 6) is -0.635. The number of ether oxygens (including phenoxy) is 1. The van der Waals surface area contributed by atoms with Gasteiger partial charge in [0.25, 0.3) is 0 Å². The van der Waals surface area contributed by atoms with Crippen molar-refractivity contribution < 1.29 is 14.3 Å². The fraction of sp³-hybridized carbons (Fsp3) is 0.133. The molecule has 0 aliphatic carbocycles. The zero-order valence-corrected chi connectivity index (χ0v) is 12.4. The van der Waals surface area contributed by atoms with Gasteiger partial charge in [0.05, 0.1) is 12.7 Å². The summed E-state index contributed by atoms with van der Waals surface area (Å²) >= 11 is 1.42. The van der Waals surface area contributed by atoms with E-state index in [-0.39, 0.29) is 11.9 Å². The van der Waals surface area contributed by atoms with Gasteiger partial charge in [0, 0.05) is 17.2 Å². The van der Waals surface area contributed by atoms with Gasteiger partial charge in [-0.1, -0.05) is 12.1 Å². The Labute approximate surface area is 126 Å². The third-order valence-electron chi connectivity index (χ3n) is 2.61. The highest BCUT2D eigenvalue weighted by Gasteiger charge is 2.04. The lowest BCUT2D eigenvalue weighted by Gasteiger charge is -1.99. The zero-order valence-electron chi connectivity index (χ0n) is 11.6. The van der Waals surface area contributed by atoms with Gasteiger partial charge in [-0.15, -0.1) is 11.3 Å². The average Bonchev–Trinajstić information content (AvgIpc) is 2.90. The molecule has 6 heteroatoms. The van der Waals surface area contributed by atoms with Crippen molar-refractivity contribution in [3.8, 4) is 0 Å². The minimum atomic E-state index is -0.387. The van der Waals surface area contributed by atoms with Crippen LogP contribution in [0.3, 0.4) is 0 Å². The number of aryl methyl sites for hydroxylation is 1. The molecule has 0 saturated carbocycles. The molecular formula is C15H14N2O3S. The Kier molecular flexibility index (Phi) is 4.84. The number of thiazole rings is 1. The molecule has 0 atom stereocenters. The zero-order chi connectivity index (χ0) is 15.2. The molecule has 0 aliphatic heterocycles. The van der Waals surface area contributed by atoms with Gasteiger partial charge >= 0.3 is 5.97 Å². The molecule has 2 aromatic rings. The van der Waals surface area contributed by atoms with Crippen LogP contribution in [-0.2, 0) is 9.53 Å². The van der Waals surface area contributed by atoms with Gasteiger partial charge in [-0.25, -0.2) is 9.78 Å². The highest BCUT2D eigenvalue weighted by molar-refractivity contribution is 7.15. The second kappa shape index (κ2) is 6.81. The van der Waals surface area contributed by atoms with E-state index in [4.69, 9.17) is 0 Å². The second-order valence-electron chi connectivity index (χ2n) is 4.21. The first-order valence-electron chi connectivity index (χ1n) is 6.18. The Hall–Kier alpha value is -2.47. The minimum absolute atomic E-state index is 0.249. The molecule has 0 fully saturated rings. The summed E-state index contributed by atoms with van der Waals surface area (Å²) in [5, 5.41) is 3.25. The predicted molar refractivity (Wildman–Crippen MR) is 82.3 cm³/mol. The van der Waals surface area contributed by atoms with Crippen LogP contribution in [0.25, 0.3) is 6.08 Å². The van der Waals surface area contributed by atoms with Gasteiger partial charge in [-0.3, -0.25) is 10.1 Å². The summed E-state index contributed by atoms with van der Waals surface area (Å²) in [6.07, 6.45) is 4.79. The molecule has 0 radical (unpaired) electrons. The lowest BCUT2D eigenvalue weighted by atomic mass is 10.1. The number of nitrogens with zero attached hydrogens (tertiary/aromatic N) is 1. The van der Waals surface area contributed by atoms with E-state index in [1.54, 1.807) is 36.5 Å². The van der Waals surface area contributed by atoms with E-state index in [2.05, 4.69) is 15.0 Å². The van der Waals surface area contributed by atoms with Crippen LogP contribution in [0, 0.1) is 6.92 Å². The summed E-state index contributed by atoms with van der Waals surface area (Å²) < 4.78 is 4.62. The highest BCUT2D eigenvalue weighted by Crippen LogP contribution is 2.16. The fourth-order valence-corrected chi connectivity index (χ4v) is 2.25. The first-order valence-corrected chi connectivity index (χ1v) is 7.00. The number of carbonyl (C=O) groups is 2. The van der Waals surface area contributed by atoms with Crippen molar-refractivity contribution in [2.75, 3.05) is 12.4 Å². The molecule has 2 rings (SSSR count). The van der Waals surface area contributed by atoms with Crippen molar-refractivity contribution in [1.29, 1.82) is 0 Å². The minimum Gasteiger partial charge on any atom is -0.465 e. The summed E-state index contributed by atoms with van der Waals surface area (Å²) in [6, 6.07) is 6.77. The van der Waals surface area contributed by atoms with Gasteiger partial charge in [-0.2, -0.15) is 0 Å². The number of esters is 1. The number of hydrogen-bond donors (Lipinski definition) is 1.